The fourth-order valence-corrected chi connectivity index (χ4v) is 3.81. The number of rotatable bonds is 10. The van der Waals surface area contributed by atoms with Crippen LogP contribution in [0.1, 0.15) is 37.8 Å². The summed E-state index contributed by atoms with van der Waals surface area (Å²) in [6.45, 7) is 8.61. The zero-order chi connectivity index (χ0) is 22.9. The van der Waals surface area contributed by atoms with Gasteiger partial charge in [-0.3, -0.25) is 0 Å². The average molecular weight is 442 g/mol. The van der Waals surface area contributed by atoms with Crippen molar-refractivity contribution in [1.29, 1.82) is 0 Å². The standard InChI is InChI=1S/C25H31NO6/c1-4-30-22-18-9-5-7-11-20(18)23(21-12-8-6-10-19(21)22)32-25(28)26-13-14-29-15-16-31-24(27)17(2)3/h5,7,9,11H,2,4,6,8,10,12-16H2,1,3H3,(H,26,28). The lowest BCUT2D eigenvalue weighted by Gasteiger charge is -2.24. The first-order valence-electron chi connectivity index (χ1n) is 11.1. The lowest BCUT2D eigenvalue weighted by molar-refractivity contribution is -0.140. The van der Waals surface area contributed by atoms with Gasteiger partial charge in [0.15, 0.2) is 0 Å². The number of amides is 1. The van der Waals surface area contributed by atoms with Gasteiger partial charge in [0.1, 0.15) is 18.1 Å². The Morgan fingerprint density at radius 1 is 1.00 bits per heavy atom. The summed E-state index contributed by atoms with van der Waals surface area (Å²) < 4.78 is 22.1. The van der Waals surface area contributed by atoms with Gasteiger partial charge in [0.05, 0.1) is 19.8 Å². The van der Waals surface area contributed by atoms with Crippen molar-refractivity contribution >= 4 is 22.8 Å². The van der Waals surface area contributed by atoms with Crippen molar-refractivity contribution in [2.45, 2.75) is 39.5 Å². The summed E-state index contributed by atoms with van der Waals surface area (Å²) in [4.78, 5) is 23.8. The number of hydrogen-bond donors (Lipinski definition) is 1. The van der Waals surface area contributed by atoms with Gasteiger partial charge in [0, 0.05) is 34.0 Å². The molecule has 0 aliphatic heterocycles. The normalized spacial score (nSPS) is 12.7. The summed E-state index contributed by atoms with van der Waals surface area (Å²) in [5.74, 6) is 1.08. The number of benzene rings is 2. The Balaban J connectivity index is 1.61. The molecule has 0 spiro atoms. The molecule has 1 amide bonds. The SMILES string of the molecule is C=C(C)C(=O)OCCOCCNC(=O)Oc1c2c(c(OCC)c3ccccc13)CCCC2. The van der Waals surface area contributed by atoms with Crippen molar-refractivity contribution in [1.82, 2.24) is 5.32 Å². The molecule has 0 saturated carbocycles. The molecule has 32 heavy (non-hydrogen) atoms. The van der Waals surface area contributed by atoms with Gasteiger partial charge >= 0.3 is 12.1 Å². The highest BCUT2D eigenvalue weighted by Crippen LogP contribution is 2.44. The second-order valence-electron chi connectivity index (χ2n) is 7.65. The number of ether oxygens (including phenoxy) is 4. The minimum absolute atomic E-state index is 0.139. The Labute approximate surface area is 188 Å². The van der Waals surface area contributed by atoms with Gasteiger partial charge in [0.25, 0.3) is 0 Å². The largest absolute Gasteiger partial charge is 0.493 e. The van der Waals surface area contributed by atoms with E-state index in [2.05, 4.69) is 11.9 Å². The maximum atomic E-state index is 12.5. The monoisotopic (exact) mass is 441 g/mol. The Kier molecular flexibility index (Phi) is 8.50. The smallest absolute Gasteiger partial charge is 0.412 e. The highest BCUT2D eigenvalue weighted by Gasteiger charge is 2.24. The van der Waals surface area contributed by atoms with Gasteiger partial charge in [-0.25, -0.2) is 9.59 Å². The van der Waals surface area contributed by atoms with Crippen molar-refractivity contribution in [3.63, 3.8) is 0 Å². The Morgan fingerprint density at radius 3 is 2.31 bits per heavy atom. The van der Waals surface area contributed by atoms with E-state index in [0.717, 1.165) is 53.3 Å². The fraction of sp³-hybridized carbons (Fsp3) is 0.440. The van der Waals surface area contributed by atoms with Crippen molar-refractivity contribution in [3.05, 3.63) is 47.5 Å². The third-order valence-electron chi connectivity index (χ3n) is 5.24. The van der Waals surface area contributed by atoms with E-state index in [-0.39, 0.29) is 26.4 Å². The fourth-order valence-electron chi connectivity index (χ4n) is 3.81. The first-order chi connectivity index (χ1) is 15.5. The summed E-state index contributed by atoms with van der Waals surface area (Å²) in [5.41, 5.74) is 2.55. The third kappa shape index (κ3) is 5.79. The number of esters is 1. The van der Waals surface area contributed by atoms with Gasteiger partial charge < -0.3 is 24.3 Å². The van der Waals surface area contributed by atoms with Crippen LogP contribution in [0.25, 0.3) is 10.8 Å². The summed E-state index contributed by atoms with van der Waals surface area (Å²) >= 11 is 0. The van der Waals surface area contributed by atoms with Crippen molar-refractivity contribution < 1.29 is 28.5 Å². The van der Waals surface area contributed by atoms with Crippen LogP contribution in [0.5, 0.6) is 11.5 Å². The molecule has 172 valence electrons. The minimum atomic E-state index is -0.524. The predicted octanol–water partition coefficient (Wildman–Crippen LogP) is 4.34. The van der Waals surface area contributed by atoms with Gasteiger partial charge in [-0.15, -0.1) is 0 Å². The van der Waals surface area contributed by atoms with Crippen LogP contribution in [-0.4, -0.2) is 45.0 Å². The highest BCUT2D eigenvalue weighted by molar-refractivity contribution is 5.97. The number of fused-ring (bicyclic) bond motifs is 2. The van der Waals surface area contributed by atoms with Gasteiger partial charge in [-0.2, -0.15) is 0 Å². The zero-order valence-corrected chi connectivity index (χ0v) is 18.8. The Hall–Kier alpha value is -3.06. The molecule has 7 nitrogen and oxygen atoms in total. The first kappa shape index (κ1) is 23.6. The molecule has 1 aliphatic rings. The zero-order valence-electron chi connectivity index (χ0n) is 18.8. The Morgan fingerprint density at radius 2 is 1.66 bits per heavy atom. The van der Waals surface area contributed by atoms with E-state index in [1.807, 2.05) is 31.2 Å². The predicted molar refractivity (Wildman–Crippen MR) is 122 cm³/mol. The number of carbonyl (C=O) groups is 2. The molecule has 0 heterocycles. The van der Waals surface area contributed by atoms with Crippen LogP contribution in [0.15, 0.2) is 36.4 Å². The summed E-state index contributed by atoms with van der Waals surface area (Å²) in [6, 6.07) is 7.88. The molecular formula is C25H31NO6. The molecule has 1 N–H and O–H groups in total. The maximum absolute atomic E-state index is 12.5. The van der Waals surface area contributed by atoms with Crippen molar-refractivity contribution in [3.8, 4) is 11.5 Å². The van der Waals surface area contributed by atoms with E-state index >= 15 is 0 Å². The van der Waals surface area contributed by atoms with E-state index < -0.39 is 12.1 Å². The quantitative estimate of drug-likeness (QED) is 0.335. The lowest BCUT2D eigenvalue weighted by atomic mass is 9.87. The minimum Gasteiger partial charge on any atom is -0.493 e. The molecular weight excluding hydrogens is 410 g/mol. The highest BCUT2D eigenvalue weighted by atomic mass is 16.6. The van der Waals surface area contributed by atoms with Crippen LogP contribution in [0.2, 0.25) is 0 Å². The van der Waals surface area contributed by atoms with Crippen LogP contribution in [0.3, 0.4) is 0 Å². The van der Waals surface area contributed by atoms with E-state index in [1.165, 1.54) is 0 Å². The third-order valence-corrected chi connectivity index (χ3v) is 5.24. The summed E-state index contributed by atoms with van der Waals surface area (Å²) in [6.07, 6.45) is 3.39. The molecule has 0 unspecified atom stereocenters. The summed E-state index contributed by atoms with van der Waals surface area (Å²) in [7, 11) is 0. The molecule has 2 aromatic rings. The first-order valence-corrected chi connectivity index (χ1v) is 11.1. The van der Waals surface area contributed by atoms with Crippen LogP contribution < -0.4 is 14.8 Å². The van der Waals surface area contributed by atoms with E-state index in [9.17, 15) is 9.59 Å². The van der Waals surface area contributed by atoms with Gasteiger partial charge in [-0.05, 0) is 39.5 Å². The second kappa shape index (κ2) is 11.5. The van der Waals surface area contributed by atoms with Crippen LogP contribution in [0, 0.1) is 0 Å². The maximum Gasteiger partial charge on any atom is 0.412 e. The molecule has 3 rings (SSSR count). The van der Waals surface area contributed by atoms with E-state index in [4.69, 9.17) is 18.9 Å². The molecule has 0 aromatic heterocycles. The van der Waals surface area contributed by atoms with Gasteiger partial charge in [0.2, 0.25) is 0 Å². The van der Waals surface area contributed by atoms with Crippen molar-refractivity contribution in [2.75, 3.05) is 33.0 Å². The topological polar surface area (TPSA) is 83.1 Å². The Bertz CT molecular complexity index is 984. The molecule has 2 aromatic carbocycles. The molecule has 0 saturated heterocycles. The van der Waals surface area contributed by atoms with Crippen molar-refractivity contribution in [2.24, 2.45) is 0 Å². The molecule has 0 bridgehead atoms. The van der Waals surface area contributed by atoms with E-state index in [0.29, 0.717) is 17.9 Å². The molecule has 0 fully saturated rings. The molecule has 0 radical (unpaired) electrons. The van der Waals surface area contributed by atoms with E-state index in [1.54, 1.807) is 6.92 Å². The van der Waals surface area contributed by atoms with Crippen LogP contribution in [0.4, 0.5) is 4.79 Å². The van der Waals surface area contributed by atoms with Crippen LogP contribution >= 0.6 is 0 Å². The summed E-state index contributed by atoms with van der Waals surface area (Å²) in [5, 5.41) is 4.56. The average Bonchev–Trinajstić information content (AvgIpc) is 2.80. The molecule has 1 aliphatic carbocycles. The number of carbonyl (C=O) groups excluding carboxylic acids is 2. The number of hydrogen-bond acceptors (Lipinski definition) is 6. The second-order valence-corrected chi connectivity index (χ2v) is 7.65. The van der Waals surface area contributed by atoms with Gasteiger partial charge in [-0.1, -0.05) is 30.8 Å². The number of nitrogens with one attached hydrogen (secondary N) is 1. The van der Waals surface area contributed by atoms with Crippen LogP contribution in [-0.2, 0) is 27.1 Å². The molecule has 7 heteroatoms. The lowest BCUT2D eigenvalue weighted by Crippen LogP contribution is -2.31. The molecule has 0 atom stereocenters.